The minimum absolute atomic E-state index is 0.0248. The number of hydrogen-bond donors (Lipinski definition) is 4. The fraction of sp³-hybridized carbons (Fsp3) is 0.745. The van der Waals surface area contributed by atoms with E-state index >= 15 is 0 Å². The molecule has 4 rings (SSSR count). The Labute approximate surface area is 452 Å². The highest BCUT2D eigenvalue weighted by molar-refractivity contribution is 6.39. The van der Waals surface area contributed by atoms with E-state index in [0.29, 0.717) is 37.4 Å². The molecule has 0 aromatic heterocycles. The minimum atomic E-state index is -6.36. The van der Waals surface area contributed by atoms with Crippen molar-refractivity contribution in [3.8, 4) is 0 Å². The molecule has 442 valence electrons. The summed E-state index contributed by atoms with van der Waals surface area (Å²) in [5.41, 5.74) is -4.56. The van der Waals surface area contributed by atoms with Gasteiger partial charge in [-0.05, 0) is 107 Å². The zero-order chi connectivity index (χ0) is 58.7. The molecule has 9 unspecified atom stereocenters. The lowest BCUT2D eigenvalue weighted by Gasteiger charge is -2.42. The summed E-state index contributed by atoms with van der Waals surface area (Å²) in [7, 11) is 3.99. The van der Waals surface area contributed by atoms with Crippen LogP contribution in [0.2, 0.25) is 0 Å². The quantitative estimate of drug-likeness (QED) is 0.0599. The van der Waals surface area contributed by atoms with Gasteiger partial charge >= 0.3 is 30.1 Å². The highest BCUT2D eigenvalue weighted by Crippen LogP contribution is 2.42. The van der Waals surface area contributed by atoms with Gasteiger partial charge in [-0.25, -0.2) is 9.59 Å². The second kappa shape index (κ2) is 28.3. The fourth-order valence-corrected chi connectivity index (χ4v) is 10.9. The molecule has 3 heterocycles. The summed E-state index contributed by atoms with van der Waals surface area (Å²) < 4.78 is 114. The smallest absolute Gasteiger partial charge is 0.446 e. The number of aliphatic hydroxyl groups excluding tert-OH is 1. The van der Waals surface area contributed by atoms with Crippen molar-refractivity contribution >= 4 is 35.3 Å². The summed E-state index contributed by atoms with van der Waals surface area (Å²) in [6, 6.07) is -1.34. The van der Waals surface area contributed by atoms with Crippen LogP contribution in [0.25, 0.3) is 0 Å². The average molecular weight is 1120 g/mol. The van der Waals surface area contributed by atoms with Crippen LogP contribution >= 0.6 is 0 Å². The number of aliphatic hydroxyl groups is 3. The highest BCUT2D eigenvalue weighted by Gasteiger charge is 2.72. The third-order valence-electron chi connectivity index (χ3n) is 15.8. The van der Waals surface area contributed by atoms with Gasteiger partial charge in [-0.15, -0.1) is 0 Å². The summed E-state index contributed by atoms with van der Waals surface area (Å²) in [5.74, 6) is -10.2. The van der Waals surface area contributed by atoms with E-state index in [9.17, 15) is 70.4 Å². The first-order valence-electron chi connectivity index (χ1n) is 26.7. The van der Waals surface area contributed by atoms with E-state index in [4.69, 9.17) is 28.4 Å². The Hall–Kier alpha value is -4.52. The van der Waals surface area contributed by atoms with Crippen molar-refractivity contribution in [1.29, 1.82) is 0 Å². The molecule has 15 atom stereocenters. The molecule has 17 nitrogen and oxygen atoms in total. The van der Waals surface area contributed by atoms with E-state index in [0.717, 1.165) is 10.5 Å². The number of nitrogens with one attached hydrogen (secondary N) is 1. The molecular weight excluding hydrogens is 1040 g/mol. The van der Waals surface area contributed by atoms with Crippen molar-refractivity contribution < 1.29 is 98.9 Å². The van der Waals surface area contributed by atoms with Gasteiger partial charge in [0.05, 0.1) is 18.3 Å². The number of rotatable bonds is 8. The first-order valence-corrected chi connectivity index (χ1v) is 26.7. The fourth-order valence-electron chi connectivity index (χ4n) is 10.9. The van der Waals surface area contributed by atoms with Crippen LogP contribution in [0.3, 0.4) is 0 Å². The third kappa shape index (κ3) is 16.5. The van der Waals surface area contributed by atoms with Crippen molar-refractivity contribution in [1.82, 2.24) is 10.2 Å². The van der Waals surface area contributed by atoms with E-state index < -0.39 is 132 Å². The molecular formula is C55H80F6N2O15. The number of alkyl carbamates (subject to hydrolysis) is 1. The molecule has 0 aromatic carbocycles. The van der Waals surface area contributed by atoms with Crippen molar-refractivity contribution in [2.24, 2.45) is 35.5 Å². The van der Waals surface area contributed by atoms with Crippen LogP contribution in [0.5, 0.6) is 0 Å². The number of nitrogens with zero attached hydrogens (tertiary/aromatic N) is 1. The second-order valence-electron chi connectivity index (χ2n) is 21.8. The van der Waals surface area contributed by atoms with E-state index in [-0.39, 0.29) is 68.3 Å². The Morgan fingerprint density at radius 1 is 0.846 bits per heavy atom. The first kappa shape index (κ1) is 66.0. The van der Waals surface area contributed by atoms with Crippen molar-refractivity contribution in [2.45, 2.75) is 198 Å². The number of hydrogen-bond acceptors (Lipinski definition) is 15. The Kier molecular flexibility index (Phi) is 23.9. The number of carbonyl (C=O) groups excluding carboxylic acids is 6. The molecule has 78 heavy (non-hydrogen) atoms. The number of carbonyl (C=O) groups is 6. The summed E-state index contributed by atoms with van der Waals surface area (Å²) in [6.45, 7) is 11.8. The number of cyclic esters (lactones) is 1. The Morgan fingerprint density at radius 2 is 1.51 bits per heavy atom. The molecule has 2 amide bonds. The number of ether oxygens (including phenoxy) is 6. The number of alkyl halides is 6. The maximum absolute atomic E-state index is 14.5. The zero-order valence-electron chi connectivity index (χ0n) is 46.2. The van der Waals surface area contributed by atoms with Gasteiger partial charge in [-0.2, -0.15) is 26.3 Å². The average Bonchev–Trinajstić information content (AvgIpc) is 3.38. The Morgan fingerprint density at radius 3 is 2.13 bits per heavy atom. The van der Waals surface area contributed by atoms with Gasteiger partial charge < -0.3 is 48.6 Å². The monoisotopic (exact) mass is 1120 g/mol. The summed E-state index contributed by atoms with van der Waals surface area (Å²) >= 11 is 0. The van der Waals surface area contributed by atoms with Gasteiger partial charge in [0.15, 0.2) is 5.78 Å². The third-order valence-corrected chi connectivity index (χ3v) is 15.8. The first-order chi connectivity index (χ1) is 36.3. The maximum atomic E-state index is 14.5. The molecule has 4 aliphatic rings. The van der Waals surface area contributed by atoms with Crippen LogP contribution in [-0.2, 0) is 52.4 Å². The summed E-state index contributed by atoms with van der Waals surface area (Å²) in [4.78, 5) is 84.6. The molecule has 4 N–H and O–H groups in total. The van der Waals surface area contributed by atoms with E-state index in [1.807, 2.05) is 44.2 Å². The van der Waals surface area contributed by atoms with Gasteiger partial charge in [0.2, 0.25) is 5.79 Å². The lowest BCUT2D eigenvalue weighted by atomic mass is 9.78. The van der Waals surface area contributed by atoms with Gasteiger partial charge in [0, 0.05) is 58.5 Å². The number of piperidine rings is 1. The molecule has 3 aliphatic heterocycles. The number of Topliss-reactive ketones (excluding diaryl/α,β-unsaturated/α-hetero) is 3. The highest BCUT2D eigenvalue weighted by atomic mass is 19.4. The number of allylic oxidation sites excluding steroid dienone is 6. The van der Waals surface area contributed by atoms with E-state index in [2.05, 4.69) is 0 Å². The molecule has 1 aliphatic carbocycles. The largest absolute Gasteiger partial charge is 0.460 e. The van der Waals surface area contributed by atoms with Crippen molar-refractivity contribution in [3.05, 3.63) is 47.6 Å². The van der Waals surface area contributed by atoms with Crippen LogP contribution in [-0.4, -0.2) is 156 Å². The molecule has 3 fully saturated rings. The Bertz CT molecular complexity index is 2200. The molecule has 2 saturated heterocycles. The number of fused-ring (bicyclic) bond motifs is 3. The van der Waals surface area contributed by atoms with Crippen molar-refractivity contribution in [2.75, 3.05) is 27.9 Å². The number of esters is 1. The van der Waals surface area contributed by atoms with Crippen LogP contribution in [0.1, 0.15) is 126 Å². The number of ketones is 3. The maximum Gasteiger partial charge on any atom is 0.446 e. The molecule has 0 aromatic rings. The topological polar surface area (TPSA) is 234 Å². The van der Waals surface area contributed by atoms with Crippen molar-refractivity contribution in [3.63, 3.8) is 0 Å². The van der Waals surface area contributed by atoms with Crippen LogP contribution in [0.15, 0.2) is 47.6 Å². The van der Waals surface area contributed by atoms with E-state index in [1.54, 1.807) is 27.7 Å². The summed E-state index contributed by atoms with van der Waals surface area (Å²) in [6.07, 6.45) is -9.72. The molecule has 1 saturated carbocycles. The Balaban J connectivity index is 1.68. The number of methoxy groups -OCH3 is 3. The predicted molar refractivity (Wildman–Crippen MR) is 270 cm³/mol. The lowest BCUT2D eigenvalue weighted by molar-refractivity contribution is -0.376. The molecule has 2 bridgehead atoms. The SMILES string of the molecule is COC1CC2CC[C@@H](C)[C@@](O)(O2)C(=O)C(=O)N2CCCC[C@H]2C(=O)OC(C(C)CC2CC[C@@H](OC(=O)NC(O)(C(F)(F)F)C(F)(F)F)C(OC)C2)CC(=O)C(C)/C=C(\C)[C@@H](O)C(OC)C(=O)[C@H](C)CC(C)/C=C/C=C/C=C/1C. The van der Waals surface area contributed by atoms with Crippen LogP contribution in [0, 0.1) is 35.5 Å². The molecule has 0 spiro atoms. The van der Waals surface area contributed by atoms with Crippen LogP contribution < -0.4 is 5.32 Å². The second-order valence-corrected chi connectivity index (χ2v) is 21.8. The van der Waals surface area contributed by atoms with Gasteiger partial charge in [-0.1, -0.05) is 71.1 Å². The standard InChI is InChI=1S/C55H80F6N2O15/c1-30-16-12-11-13-17-31(2)42(73-8)28-38-21-19-36(7)52(71,78-38)48(67)49(68)63-23-15-14-18-39(63)50(69)76-43(29-40(64)32(3)25-35(6)46(66)47(75-10)45(65)34(5)24-30)33(4)26-37-20-22-41(44(27-37)74-9)77-51(70)62-53(72,54(56,57)58)55(59,60)61/h11-13,16-17,25,30,32-34,36-39,41-44,46-47,66,71-72H,14-15,18-24,26-29H2,1-10H3,(H,62,70)/b13-11+,16-12+,31-17+,35-25+/t30?,32?,33?,34-,36-,37?,38?,39+,41-,42?,43?,44?,46-,47?,52-/m1/s1. The van der Waals surface area contributed by atoms with Gasteiger partial charge in [0.1, 0.15) is 36.2 Å². The van der Waals surface area contributed by atoms with E-state index in [1.165, 1.54) is 34.3 Å². The molecule has 23 heteroatoms. The minimum Gasteiger partial charge on any atom is -0.460 e. The van der Waals surface area contributed by atoms with Crippen LogP contribution in [0.4, 0.5) is 31.1 Å². The zero-order valence-corrected chi connectivity index (χ0v) is 46.2. The van der Waals surface area contributed by atoms with Gasteiger partial charge in [-0.3, -0.25) is 24.5 Å². The summed E-state index contributed by atoms with van der Waals surface area (Å²) in [5, 5.41) is 33.4. The normalized spacial score (nSPS) is 36.2. The number of halogens is 6. The lowest BCUT2D eigenvalue weighted by Crippen LogP contribution is -2.68. The molecule has 0 radical (unpaired) electrons. The van der Waals surface area contributed by atoms with Gasteiger partial charge in [0.25, 0.3) is 11.7 Å². The predicted octanol–water partition coefficient (Wildman–Crippen LogP) is 7.73. The number of amides is 2.